The maximum atomic E-state index is 4.88. The second-order valence-electron chi connectivity index (χ2n) is 6.96. The van der Waals surface area contributed by atoms with Gasteiger partial charge in [0.05, 0.1) is 11.7 Å². The number of hydrogen-bond acceptors (Lipinski definition) is 3. The lowest BCUT2D eigenvalue weighted by atomic mass is 9.93. The van der Waals surface area contributed by atoms with Crippen LogP contribution in [0.5, 0.6) is 0 Å². The third-order valence-electron chi connectivity index (χ3n) is 4.12. The van der Waals surface area contributed by atoms with Gasteiger partial charge in [-0.05, 0) is 35.5 Å². The maximum absolute atomic E-state index is 4.88. The molecule has 0 saturated carbocycles. The van der Waals surface area contributed by atoms with Gasteiger partial charge < -0.3 is 4.90 Å². The Balaban J connectivity index is 2.34. The highest BCUT2D eigenvalue weighted by Gasteiger charge is 2.14. The molecule has 0 aliphatic carbocycles. The first kappa shape index (κ1) is 17.5. The molecule has 1 atom stereocenters. The highest BCUT2D eigenvalue weighted by molar-refractivity contribution is 5.95. The summed E-state index contributed by atoms with van der Waals surface area (Å²) < 4.78 is 0. The Labute approximate surface area is 140 Å². The monoisotopic (exact) mass is 311 g/mol. The first-order valence-corrected chi connectivity index (χ1v) is 8.48. The largest absolute Gasteiger partial charge is 0.363 e. The zero-order valence-electron chi connectivity index (χ0n) is 15.2. The van der Waals surface area contributed by atoms with Crippen molar-refractivity contribution in [2.24, 2.45) is 9.98 Å². The predicted octanol–water partition coefficient (Wildman–Crippen LogP) is 4.92. The van der Waals surface area contributed by atoms with Gasteiger partial charge in [0.2, 0.25) is 0 Å². The van der Waals surface area contributed by atoms with Crippen molar-refractivity contribution in [2.75, 3.05) is 14.1 Å². The molecule has 124 valence electrons. The summed E-state index contributed by atoms with van der Waals surface area (Å²) in [5.41, 5.74) is 3.76. The average Bonchev–Trinajstić information content (AvgIpc) is 2.52. The molecular formula is C20H29N3. The van der Waals surface area contributed by atoms with Crippen molar-refractivity contribution in [3.05, 3.63) is 41.5 Å². The Morgan fingerprint density at radius 3 is 2.26 bits per heavy atom. The van der Waals surface area contributed by atoms with E-state index in [0.29, 0.717) is 11.8 Å². The van der Waals surface area contributed by atoms with Crippen LogP contribution in [-0.2, 0) is 0 Å². The normalized spacial score (nSPS) is 18.1. The number of nitrogens with zero attached hydrogens (tertiary/aromatic N) is 3. The SMILES string of the molecule is CC(C)c1cccc(C(C)C)c1N=C[C@H]1CC=CC(N(C)C)=N1. The van der Waals surface area contributed by atoms with Crippen LogP contribution in [0.15, 0.2) is 40.3 Å². The van der Waals surface area contributed by atoms with E-state index in [4.69, 9.17) is 9.98 Å². The summed E-state index contributed by atoms with van der Waals surface area (Å²) in [5.74, 6) is 1.94. The first-order chi connectivity index (χ1) is 10.9. The van der Waals surface area contributed by atoms with Crippen molar-refractivity contribution in [1.29, 1.82) is 0 Å². The Kier molecular flexibility index (Phi) is 5.75. The van der Waals surface area contributed by atoms with Crippen LogP contribution in [0.4, 0.5) is 5.69 Å². The van der Waals surface area contributed by atoms with Crippen molar-refractivity contribution in [3.8, 4) is 0 Å². The number of amidine groups is 1. The van der Waals surface area contributed by atoms with Gasteiger partial charge in [-0.2, -0.15) is 0 Å². The molecule has 0 radical (unpaired) electrons. The third-order valence-corrected chi connectivity index (χ3v) is 4.12. The van der Waals surface area contributed by atoms with Crippen molar-refractivity contribution in [3.63, 3.8) is 0 Å². The highest BCUT2D eigenvalue weighted by atomic mass is 15.1. The first-order valence-electron chi connectivity index (χ1n) is 8.48. The number of rotatable bonds is 4. The van der Waals surface area contributed by atoms with Crippen LogP contribution in [0.3, 0.4) is 0 Å². The minimum Gasteiger partial charge on any atom is -0.363 e. The lowest BCUT2D eigenvalue weighted by Gasteiger charge is -2.19. The van der Waals surface area contributed by atoms with Gasteiger partial charge in [0, 0.05) is 20.3 Å². The van der Waals surface area contributed by atoms with E-state index in [1.54, 1.807) is 0 Å². The minimum absolute atomic E-state index is 0.123. The number of benzene rings is 1. The molecule has 0 spiro atoms. The molecule has 2 rings (SSSR count). The fourth-order valence-electron chi connectivity index (χ4n) is 2.76. The van der Waals surface area contributed by atoms with E-state index in [-0.39, 0.29) is 6.04 Å². The molecule has 0 saturated heterocycles. The summed E-state index contributed by atoms with van der Waals surface area (Å²) in [4.78, 5) is 11.7. The molecular weight excluding hydrogens is 282 g/mol. The van der Waals surface area contributed by atoms with E-state index >= 15 is 0 Å². The average molecular weight is 311 g/mol. The van der Waals surface area contributed by atoms with Crippen LogP contribution < -0.4 is 0 Å². The number of dihydropyridines is 1. The van der Waals surface area contributed by atoms with Crippen molar-refractivity contribution >= 4 is 17.7 Å². The lowest BCUT2D eigenvalue weighted by molar-refractivity contribution is 0.614. The number of aliphatic imine (C=N–C) groups is 2. The molecule has 1 heterocycles. The van der Waals surface area contributed by atoms with Crippen LogP contribution in [0.25, 0.3) is 0 Å². The summed E-state index contributed by atoms with van der Waals surface area (Å²) in [7, 11) is 4.04. The molecule has 3 heteroatoms. The van der Waals surface area contributed by atoms with E-state index < -0.39 is 0 Å². The van der Waals surface area contributed by atoms with Crippen molar-refractivity contribution < 1.29 is 0 Å². The fourth-order valence-corrected chi connectivity index (χ4v) is 2.76. The predicted molar refractivity (Wildman–Crippen MR) is 101 cm³/mol. The zero-order chi connectivity index (χ0) is 17.0. The molecule has 0 unspecified atom stereocenters. The molecule has 23 heavy (non-hydrogen) atoms. The standard InChI is InChI=1S/C20H29N3/c1-14(2)17-10-8-11-18(15(3)4)20(17)21-13-16-9-7-12-19(22-16)23(5)6/h7-8,10-16H,9H2,1-6H3/t16-/m1/s1. The molecule has 0 bridgehead atoms. The Morgan fingerprint density at radius 2 is 1.74 bits per heavy atom. The topological polar surface area (TPSA) is 28.0 Å². The molecule has 0 aromatic heterocycles. The van der Waals surface area contributed by atoms with Gasteiger partial charge in [-0.1, -0.05) is 52.0 Å². The number of para-hydroxylation sites is 1. The quantitative estimate of drug-likeness (QED) is 0.725. The van der Waals surface area contributed by atoms with Crippen LogP contribution in [0, 0.1) is 0 Å². The number of likely N-dealkylation sites (N-methyl/N-ethyl adjacent to an activating group) is 1. The van der Waals surface area contributed by atoms with Crippen LogP contribution >= 0.6 is 0 Å². The summed E-state index contributed by atoms with van der Waals surface area (Å²) in [6.07, 6.45) is 7.18. The van der Waals surface area contributed by atoms with Gasteiger partial charge in [-0.3, -0.25) is 9.98 Å². The van der Waals surface area contributed by atoms with Gasteiger partial charge in [-0.15, -0.1) is 0 Å². The van der Waals surface area contributed by atoms with Crippen LogP contribution in [0.1, 0.15) is 57.1 Å². The summed E-state index contributed by atoms with van der Waals surface area (Å²) in [6.45, 7) is 8.91. The van der Waals surface area contributed by atoms with E-state index in [1.165, 1.54) is 11.1 Å². The molecule has 1 aromatic carbocycles. The summed E-state index contributed by atoms with van der Waals surface area (Å²) >= 11 is 0. The van der Waals surface area contributed by atoms with Crippen molar-refractivity contribution in [1.82, 2.24) is 4.90 Å². The Morgan fingerprint density at radius 1 is 1.13 bits per heavy atom. The third kappa shape index (κ3) is 4.31. The Hall–Kier alpha value is -1.90. The number of hydrogen-bond donors (Lipinski definition) is 0. The van der Waals surface area contributed by atoms with Crippen LogP contribution in [-0.4, -0.2) is 37.1 Å². The van der Waals surface area contributed by atoms with E-state index in [2.05, 4.69) is 58.0 Å². The smallest absolute Gasteiger partial charge is 0.123 e. The molecule has 0 fully saturated rings. The lowest BCUT2D eigenvalue weighted by Crippen LogP contribution is -2.25. The van der Waals surface area contributed by atoms with E-state index in [9.17, 15) is 0 Å². The second-order valence-corrected chi connectivity index (χ2v) is 6.96. The Bertz CT molecular complexity index is 596. The van der Waals surface area contributed by atoms with Gasteiger partial charge >= 0.3 is 0 Å². The summed E-state index contributed by atoms with van der Waals surface area (Å²) in [6, 6.07) is 6.66. The fraction of sp³-hybridized carbons (Fsp3) is 0.500. The zero-order valence-corrected chi connectivity index (χ0v) is 15.2. The molecule has 1 aromatic rings. The van der Waals surface area contributed by atoms with E-state index in [0.717, 1.165) is 17.9 Å². The van der Waals surface area contributed by atoms with Gasteiger partial charge in [0.1, 0.15) is 5.84 Å². The van der Waals surface area contributed by atoms with Gasteiger partial charge in [0.25, 0.3) is 0 Å². The maximum Gasteiger partial charge on any atom is 0.123 e. The molecule has 0 N–H and O–H groups in total. The molecule has 1 aliphatic heterocycles. The molecule has 3 nitrogen and oxygen atoms in total. The van der Waals surface area contributed by atoms with Crippen LogP contribution in [0.2, 0.25) is 0 Å². The van der Waals surface area contributed by atoms with Gasteiger partial charge in [-0.25, -0.2) is 0 Å². The second kappa shape index (κ2) is 7.58. The van der Waals surface area contributed by atoms with Gasteiger partial charge in [0.15, 0.2) is 0 Å². The summed E-state index contributed by atoms with van der Waals surface area (Å²) in [5, 5.41) is 0. The molecule has 1 aliphatic rings. The van der Waals surface area contributed by atoms with Crippen molar-refractivity contribution in [2.45, 2.75) is 52.0 Å². The minimum atomic E-state index is 0.123. The molecule has 0 amide bonds. The highest BCUT2D eigenvalue weighted by Crippen LogP contribution is 2.34. The van der Waals surface area contributed by atoms with E-state index in [1.807, 2.05) is 25.2 Å².